The fourth-order valence-corrected chi connectivity index (χ4v) is 1.94. The van der Waals surface area contributed by atoms with Crippen LogP contribution in [0.1, 0.15) is 24.6 Å². The van der Waals surface area contributed by atoms with Crippen molar-refractivity contribution in [3.8, 4) is 5.75 Å². The Morgan fingerprint density at radius 2 is 2.10 bits per heavy atom. The first-order chi connectivity index (χ1) is 9.78. The van der Waals surface area contributed by atoms with E-state index in [0.717, 1.165) is 36.6 Å². The van der Waals surface area contributed by atoms with Crippen molar-refractivity contribution in [3.05, 3.63) is 47.9 Å². The molecule has 0 bridgehead atoms. The monoisotopic (exact) mass is 271 g/mol. The molecule has 0 amide bonds. The summed E-state index contributed by atoms with van der Waals surface area (Å²) in [7, 11) is 0. The third-order valence-corrected chi connectivity index (χ3v) is 2.90. The Kier molecular flexibility index (Phi) is 5.35. The summed E-state index contributed by atoms with van der Waals surface area (Å²) in [5, 5.41) is 3.25. The van der Waals surface area contributed by atoms with E-state index < -0.39 is 0 Å². The minimum absolute atomic E-state index is 0.608. The lowest BCUT2D eigenvalue weighted by Gasteiger charge is -2.09. The second-order valence-corrected chi connectivity index (χ2v) is 4.74. The molecule has 0 saturated carbocycles. The van der Waals surface area contributed by atoms with Gasteiger partial charge in [0.2, 0.25) is 0 Å². The zero-order valence-electron chi connectivity index (χ0n) is 12.1. The van der Waals surface area contributed by atoms with Crippen molar-refractivity contribution in [2.75, 3.05) is 18.5 Å². The zero-order valence-corrected chi connectivity index (χ0v) is 12.1. The summed E-state index contributed by atoms with van der Waals surface area (Å²) in [6.45, 7) is 5.53. The van der Waals surface area contributed by atoms with Gasteiger partial charge < -0.3 is 10.1 Å². The van der Waals surface area contributed by atoms with E-state index in [1.54, 1.807) is 6.33 Å². The van der Waals surface area contributed by atoms with E-state index in [-0.39, 0.29) is 0 Å². The average Bonchev–Trinajstić information content (AvgIpc) is 2.45. The van der Waals surface area contributed by atoms with Crippen LogP contribution in [0, 0.1) is 6.92 Å². The zero-order chi connectivity index (χ0) is 14.2. The highest BCUT2D eigenvalue weighted by Gasteiger charge is 1.98. The lowest BCUT2D eigenvalue weighted by Crippen LogP contribution is -2.12. The number of benzene rings is 1. The fourth-order valence-electron chi connectivity index (χ4n) is 1.94. The molecular weight excluding hydrogens is 250 g/mol. The van der Waals surface area contributed by atoms with Crippen LogP contribution in [-0.4, -0.2) is 23.1 Å². The van der Waals surface area contributed by atoms with E-state index in [1.165, 1.54) is 5.56 Å². The molecule has 0 aliphatic rings. The lowest BCUT2D eigenvalue weighted by atomic mass is 10.2. The SMILES string of the molecule is CCCc1cc(NCCOc2cccc(C)c2)ncn1. The largest absolute Gasteiger partial charge is 0.492 e. The predicted octanol–water partition coefficient (Wildman–Crippen LogP) is 3.23. The van der Waals surface area contributed by atoms with Gasteiger partial charge in [-0.3, -0.25) is 0 Å². The summed E-state index contributed by atoms with van der Waals surface area (Å²) in [6, 6.07) is 10.1. The number of anilines is 1. The predicted molar refractivity (Wildman–Crippen MR) is 81.2 cm³/mol. The number of aromatic nitrogens is 2. The van der Waals surface area contributed by atoms with Gasteiger partial charge in [0.05, 0.1) is 6.54 Å². The van der Waals surface area contributed by atoms with E-state index in [9.17, 15) is 0 Å². The van der Waals surface area contributed by atoms with Crippen LogP contribution in [0.5, 0.6) is 5.75 Å². The van der Waals surface area contributed by atoms with E-state index >= 15 is 0 Å². The standard InChI is InChI=1S/C16H21N3O/c1-3-5-14-11-16(19-12-18-14)17-8-9-20-15-7-4-6-13(2)10-15/h4,6-7,10-12H,3,5,8-9H2,1-2H3,(H,17,18,19). The van der Waals surface area contributed by atoms with Gasteiger partial charge in [0.25, 0.3) is 0 Å². The van der Waals surface area contributed by atoms with Gasteiger partial charge >= 0.3 is 0 Å². The van der Waals surface area contributed by atoms with Gasteiger partial charge in [-0.2, -0.15) is 0 Å². The van der Waals surface area contributed by atoms with Gasteiger partial charge in [0.1, 0.15) is 24.5 Å². The summed E-state index contributed by atoms with van der Waals surface area (Å²) >= 11 is 0. The molecule has 1 N–H and O–H groups in total. The molecule has 2 rings (SSSR count). The Bertz CT molecular complexity index is 543. The minimum Gasteiger partial charge on any atom is -0.492 e. The molecule has 0 aliphatic carbocycles. The molecule has 0 fully saturated rings. The van der Waals surface area contributed by atoms with Crippen LogP contribution < -0.4 is 10.1 Å². The highest BCUT2D eigenvalue weighted by atomic mass is 16.5. The van der Waals surface area contributed by atoms with Crippen LogP contribution in [0.4, 0.5) is 5.82 Å². The van der Waals surface area contributed by atoms with Crippen LogP contribution >= 0.6 is 0 Å². The van der Waals surface area contributed by atoms with Crippen LogP contribution in [-0.2, 0) is 6.42 Å². The van der Waals surface area contributed by atoms with Crippen molar-refractivity contribution in [1.82, 2.24) is 9.97 Å². The number of ether oxygens (including phenoxy) is 1. The summed E-state index contributed by atoms with van der Waals surface area (Å²) in [5.41, 5.74) is 2.28. The highest BCUT2D eigenvalue weighted by molar-refractivity contribution is 5.34. The first kappa shape index (κ1) is 14.3. The van der Waals surface area contributed by atoms with Crippen molar-refractivity contribution in [1.29, 1.82) is 0 Å². The van der Waals surface area contributed by atoms with Gasteiger partial charge in [-0.1, -0.05) is 25.5 Å². The van der Waals surface area contributed by atoms with E-state index in [2.05, 4.69) is 35.2 Å². The average molecular weight is 271 g/mol. The number of nitrogens with one attached hydrogen (secondary N) is 1. The Balaban J connectivity index is 1.77. The molecule has 106 valence electrons. The molecule has 0 saturated heterocycles. The van der Waals surface area contributed by atoms with Gasteiger partial charge in [0, 0.05) is 11.8 Å². The number of aryl methyl sites for hydroxylation is 2. The minimum atomic E-state index is 0.608. The molecule has 0 atom stereocenters. The molecule has 1 aromatic heterocycles. The van der Waals surface area contributed by atoms with E-state index in [1.807, 2.05) is 24.3 Å². The highest BCUT2D eigenvalue weighted by Crippen LogP contribution is 2.12. The topological polar surface area (TPSA) is 47.0 Å². The van der Waals surface area contributed by atoms with Crippen LogP contribution in [0.15, 0.2) is 36.7 Å². The van der Waals surface area contributed by atoms with Crippen molar-refractivity contribution in [3.63, 3.8) is 0 Å². The number of hydrogen-bond acceptors (Lipinski definition) is 4. The van der Waals surface area contributed by atoms with Gasteiger partial charge in [-0.25, -0.2) is 9.97 Å². The molecule has 1 heterocycles. The van der Waals surface area contributed by atoms with Crippen LogP contribution in [0.3, 0.4) is 0 Å². The second kappa shape index (κ2) is 7.48. The third-order valence-electron chi connectivity index (χ3n) is 2.90. The first-order valence-corrected chi connectivity index (χ1v) is 7.02. The van der Waals surface area contributed by atoms with E-state index in [4.69, 9.17) is 4.74 Å². The Hall–Kier alpha value is -2.10. The van der Waals surface area contributed by atoms with E-state index in [0.29, 0.717) is 6.61 Å². The molecule has 1 aromatic carbocycles. The lowest BCUT2D eigenvalue weighted by molar-refractivity contribution is 0.332. The maximum absolute atomic E-state index is 5.68. The Morgan fingerprint density at radius 3 is 2.90 bits per heavy atom. The van der Waals surface area contributed by atoms with Gasteiger partial charge in [0.15, 0.2) is 0 Å². The third kappa shape index (κ3) is 4.53. The van der Waals surface area contributed by atoms with Gasteiger partial charge in [-0.15, -0.1) is 0 Å². The Morgan fingerprint density at radius 1 is 1.20 bits per heavy atom. The molecule has 20 heavy (non-hydrogen) atoms. The molecular formula is C16H21N3O. The normalized spacial score (nSPS) is 10.3. The van der Waals surface area contributed by atoms with Crippen molar-refractivity contribution >= 4 is 5.82 Å². The molecule has 2 aromatic rings. The Labute approximate surface area is 120 Å². The summed E-state index contributed by atoms with van der Waals surface area (Å²) in [4.78, 5) is 8.43. The first-order valence-electron chi connectivity index (χ1n) is 7.02. The summed E-state index contributed by atoms with van der Waals surface area (Å²) in [6.07, 6.45) is 3.68. The molecule has 0 aliphatic heterocycles. The molecule has 4 heteroatoms. The van der Waals surface area contributed by atoms with Crippen molar-refractivity contribution in [2.24, 2.45) is 0 Å². The van der Waals surface area contributed by atoms with Gasteiger partial charge in [-0.05, 0) is 31.0 Å². The molecule has 0 radical (unpaired) electrons. The molecule has 4 nitrogen and oxygen atoms in total. The number of nitrogens with zero attached hydrogens (tertiary/aromatic N) is 2. The molecule has 0 spiro atoms. The molecule has 0 unspecified atom stereocenters. The maximum Gasteiger partial charge on any atom is 0.129 e. The summed E-state index contributed by atoms with van der Waals surface area (Å²) in [5.74, 6) is 1.76. The second-order valence-electron chi connectivity index (χ2n) is 4.74. The maximum atomic E-state index is 5.68. The van der Waals surface area contributed by atoms with Crippen LogP contribution in [0.2, 0.25) is 0 Å². The van der Waals surface area contributed by atoms with Crippen molar-refractivity contribution < 1.29 is 4.74 Å². The smallest absolute Gasteiger partial charge is 0.129 e. The quantitative estimate of drug-likeness (QED) is 0.785. The number of hydrogen-bond donors (Lipinski definition) is 1. The fraction of sp³-hybridized carbons (Fsp3) is 0.375. The summed E-state index contributed by atoms with van der Waals surface area (Å²) < 4.78 is 5.68. The van der Waals surface area contributed by atoms with Crippen LogP contribution in [0.25, 0.3) is 0 Å². The number of rotatable bonds is 7. The van der Waals surface area contributed by atoms with Crippen molar-refractivity contribution in [2.45, 2.75) is 26.7 Å².